The van der Waals surface area contributed by atoms with E-state index in [0.717, 1.165) is 49.0 Å². The minimum atomic E-state index is 0.230. The van der Waals surface area contributed by atoms with Crippen molar-refractivity contribution in [2.45, 2.75) is 58.6 Å². The highest BCUT2D eigenvalue weighted by Gasteiger charge is 2.36. The van der Waals surface area contributed by atoms with E-state index in [-0.39, 0.29) is 6.10 Å². The van der Waals surface area contributed by atoms with Gasteiger partial charge in [-0.15, -0.1) is 0 Å². The lowest BCUT2D eigenvalue weighted by atomic mass is 9.67. The summed E-state index contributed by atoms with van der Waals surface area (Å²) < 4.78 is 17.1. The van der Waals surface area contributed by atoms with E-state index >= 15 is 0 Å². The average Bonchev–Trinajstić information content (AvgIpc) is 3.01. The van der Waals surface area contributed by atoms with Crippen LogP contribution in [0.5, 0.6) is 11.5 Å². The molecule has 1 aromatic rings. The predicted molar refractivity (Wildman–Crippen MR) is 112 cm³/mol. The highest BCUT2D eigenvalue weighted by Crippen LogP contribution is 2.43. The molecule has 1 atom stereocenters. The summed E-state index contributed by atoms with van der Waals surface area (Å²) in [7, 11) is 3.59. The summed E-state index contributed by atoms with van der Waals surface area (Å²) in [6, 6.07) is 4.24. The van der Waals surface area contributed by atoms with Crippen LogP contribution in [0, 0.1) is 5.41 Å². The first-order valence-corrected chi connectivity index (χ1v) is 10.5. The van der Waals surface area contributed by atoms with Gasteiger partial charge in [-0.3, -0.25) is 4.99 Å². The Morgan fingerprint density at radius 2 is 2.14 bits per heavy atom. The first kappa shape index (κ1) is 20.8. The monoisotopic (exact) mass is 389 g/mol. The second-order valence-electron chi connectivity index (χ2n) is 8.01. The van der Waals surface area contributed by atoms with Crippen LogP contribution in [0.15, 0.2) is 17.1 Å². The lowest BCUT2D eigenvalue weighted by Crippen LogP contribution is -2.46. The van der Waals surface area contributed by atoms with Crippen molar-refractivity contribution in [2.24, 2.45) is 10.4 Å². The molecule has 1 fully saturated rings. The molecular formula is C22H35N3O3. The predicted octanol–water partition coefficient (Wildman–Crippen LogP) is 3.28. The molecule has 1 aliphatic carbocycles. The number of methoxy groups -OCH3 is 1. The van der Waals surface area contributed by atoms with Crippen LogP contribution in [0.4, 0.5) is 0 Å². The molecule has 1 aliphatic heterocycles. The number of guanidine groups is 1. The zero-order valence-electron chi connectivity index (χ0n) is 17.8. The van der Waals surface area contributed by atoms with Gasteiger partial charge in [0.15, 0.2) is 5.96 Å². The fourth-order valence-corrected chi connectivity index (χ4v) is 4.09. The maximum absolute atomic E-state index is 5.92. The Bertz CT molecular complexity index is 686. The minimum absolute atomic E-state index is 0.230. The Morgan fingerprint density at radius 3 is 2.79 bits per heavy atom. The highest BCUT2D eigenvalue weighted by molar-refractivity contribution is 5.79. The largest absolute Gasteiger partial charge is 0.494 e. The molecule has 2 aliphatic rings. The van der Waals surface area contributed by atoms with Gasteiger partial charge in [0.25, 0.3) is 0 Å². The number of hydrogen-bond donors (Lipinski definition) is 2. The second kappa shape index (κ2) is 9.50. The second-order valence-corrected chi connectivity index (χ2v) is 8.01. The van der Waals surface area contributed by atoms with E-state index in [1.165, 1.54) is 24.8 Å². The van der Waals surface area contributed by atoms with Crippen molar-refractivity contribution in [1.29, 1.82) is 0 Å². The van der Waals surface area contributed by atoms with Gasteiger partial charge < -0.3 is 24.8 Å². The molecule has 0 saturated heterocycles. The molecule has 0 spiro atoms. The lowest BCUT2D eigenvalue weighted by Gasteiger charge is -2.42. The summed E-state index contributed by atoms with van der Waals surface area (Å²) >= 11 is 0. The molecule has 6 heteroatoms. The van der Waals surface area contributed by atoms with Crippen LogP contribution in [0.25, 0.3) is 0 Å². The molecule has 1 heterocycles. The first-order chi connectivity index (χ1) is 13.6. The van der Waals surface area contributed by atoms with Crippen LogP contribution in [0.3, 0.4) is 0 Å². The number of nitrogens with one attached hydrogen (secondary N) is 2. The Hall–Kier alpha value is -1.95. The molecule has 28 heavy (non-hydrogen) atoms. The first-order valence-electron chi connectivity index (χ1n) is 10.5. The summed E-state index contributed by atoms with van der Waals surface area (Å²) in [6.07, 6.45) is 6.10. The summed E-state index contributed by atoms with van der Waals surface area (Å²) in [4.78, 5) is 4.40. The van der Waals surface area contributed by atoms with Crippen molar-refractivity contribution < 1.29 is 14.2 Å². The molecule has 6 nitrogen and oxygen atoms in total. The zero-order chi connectivity index (χ0) is 20.0. The number of fused-ring (bicyclic) bond motifs is 1. The van der Waals surface area contributed by atoms with Crippen LogP contribution >= 0.6 is 0 Å². The van der Waals surface area contributed by atoms with Gasteiger partial charge >= 0.3 is 0 Å². The fraction of sp³-hybridized carbons (Fsp3) is 0.682. The van der Waals surface area contributed by atoms with Crippen molar-refractivity contribution in [3.63, 3.8) is 0 Å². The van der Waals surface area contributed by atoms with Gasteiger partial charge in [-0.25, -0.2) is 0 Å². The standard InChI is InChI=1S/C22H35N3O3/c1-5-27-19-12-17-11-16(2)28-20(17)13-18(19)14-24-21(23-3)25-15-22(7-6-8-22)9-10-26-4/h12-13,16H,5-11,14-15H2,1-4H3,(H2,23,24,25). The van der Waals surface area contributed by atoms with Gasteiger partial charge in [0.2, 0.25) is 0 Å². The van der Waals surface area contributed by atoms with E-state index in [4.69, 9.17) is 14.2 Å². The molecule has 0 amide bonds. The maximum Gasteiger partial charge on any atom is 0.191 e. The number of rotatable bonds is 9. The molecule has 0 aromatic heterocycles. The van der Waals surface area contributed by atoms with Crippen molar-refractivity contribution in [2.75, 3.05) is 33.9 Å². The summed E-state index contributed by atoms with van der Waals surface area (Å²) in [6.45, 7) is 7.16. The fourth-order valence-electron chi connectivity index (χ4n) is 4.09. The lowest BCUT2D eigenvalue weighted by molar-refractivity contribution is 0.0732. The quantitative estimate of drug-likeness (QED) is 0.501. The summed E-state index contributed by atoms with van der Waals surface area (Å²) in [5.74, 6) is 2.72. The third-order valence-electron chi connectivity index (χ3n) is 5.93. The number of benzene rings is 1. The highest BCUT2D eigenvalue weighted by atomic mass is 16.5. The molecule has 0 radical (unpaired) electrons. The minimum Gasteiger partial charge on any atom is -0.494 e. The SMILES string of the molecule is CCOc1cc2c(cc1CNC(=NC)NCC1(CCOC)CCC1)OC(C)C2. The van der Waals surface area contributed by atoms with Gasteiger partial charge in [0.05, 0.1) is 6.61 Å². The summed E-state index contributed by atoms with van der Waals surface area (Å²) in [5.41, 5.74) is 2.67. The van der Waals surface area contributed by atoms with Crippen LogP contribution < -0.4 is 20.1 Å². The van der Waals surface area contributed by atoms with Crippen LogP contribution in [-0.4, -0.2) is 46.0 Å². The van der Waals surface area contributed by atoms with Crippen LogP contribution in [0.1, 0.15) is 50.7 Å². The van der Waals surface area contributed by atoms with Gasteiger partial charge in [0.1, 0.15) is 17.6 Å². The Kier molecular flexibility index (Phi) is 7.05. The van der Waals surface area contributed by atoms with E-state index in [1.54, 1.807) is 7.11 Å². The average molecular weight is 390 g/mol. The molecule has 1 unspecified atom stereocenters. The third kappa shape index (κ3) is 4.90. The Labute approximate surface area is 169 Å². The van der Waals surface area contributed by atoms with Crippen molar-refractivity contribution in [1.82, 2.24) is 10.6 Å². The number of ether oxygens (including phenoxy) is 3. The normalized spacial score (nSPS) is 20.1. The number of aliphatic imine (C=N–C) groups is 1. The van der Waals surface area contributed by atoms with Crippen LogP contribution in [0.2, 0.25) is 0 Å². The van der Waals surface area contributed by atoms with E-state index in [9.17, 15) is 0 Å². The molecule has 0 bridgehead atoms. The molecule has 3 rings (SSSR count). The van der Waals surface area contributed by atoms with Crippen molar-refractivity contribution >= 4 is 5.96 Å². The third-order valence-corrected chi connectivity index (χ3v) is 5.93. The van der Waals surface area contributed by atoms with Crippen molar-refractivity contribution in [3.05, 3.63) is 23.3 Å². The number of nitrogens with zero attached hydrogens (tertiary/aromatic N) is 1. The van der Waals surface area contributed by atoms with E-state index in [2.05, 4.69) is 34.7 Å². The molecular weight excluding hydrogens is 354 g/mol. The van der Waals surface area contributed by atoms with E-state index in [1.807, 2.05) is 14.0 Å². The van der Waals surface area contributed by atoms with Gasteiger partial charge in [-0.1, -0.05) is 6.42 Å². The summed E-state index contributed by atoms with van der Waals surface area (Å²) in [5, 5.41) is 6.95. The van der Waals surface area contributed by atoms with Gasteiger partial charge in [0, 0.05) is 51.4 Å². The molecule has 156 valence electrons. The Morgan fingerprint density at radius 1 is 1.32 bits per heavy atom. The van der Waals surface area contributed by atoms with E-state index in [0.29, 0.717) is 18.6 Å². The maximum atomic E-state index is 5.92. The van der Waals surface area contributed by atoms with Gasteiger partial charge in [-0.2, -0.15) is 0 Å². The zero-order valence-corrected chi connectivity index (χ0v) is 17.8. The van der Waals surface area contributed by atoms with E-state index < -0.39 is 0 Å². The van der Waals surface area contributed by atoms with Gasteiger partial charge in [-0.05, 0) is 50.7 Å². The molecule has 2 N–H and O–H groups in total. The smallest absolute Gasteiger partial charge is 0.191 e. The van der Waals surface area contributed by atoms with Crippen LogP contribution in [-0.2, 0) is 17.7 Å². The number of hydrogen-bond acceptors (Lipinski definition) is 4. The Balaban J connectivity index is 1.59. The topological polar surface area (TPSA) is 64.1 Å². The van der Waals surface area contributed by atoms with Crippen molar-refractivity contribution in [3.8, 4) is 11.5 Å². The molecule has 1 aromatic carbocycles. The molecule has 1 saturated carbocycles.